The second kappa shape index (κ2) is 4.92. The van der Waals surface area contributed by atoms with E-state index in [1.807, 2.05) is 19.1 Å². The summed E-state index contributed by atoms with van der Waals surface area (Å²) in [6.07, 6.45) is 3.44. The molecule has 1 aliphatic carbocycles. The Kier molecular flexibility index (Phi) is 3.52. The predicted octanol–water partition coefficient (Wildman–Crippen LogP) is 1.98. The molecule has 0 spiro atoms. The third kappa shape index (κ3) is 2.69. The van der Waals surface area contributed by atoms with E-state index in [-0.39, 0.29) is 0 Å². The third-order valence-electron chi connectivity index (χ3n) is 3.57. The zero-order valence-corrected chi connectivity index (χ0v) is 10.2. The van der Waals surface area contributed by atoms with Crippen molar-refractivity contribution in [1.29, 1.82) is 0 Å². The maximum absolute atomic E-state index is 11.1. The van der Waals surface area contributed by atoms with Gasteiger partial charge in [0.2, 0.25) is 0 Å². The summed E-state index contributed by atoms with van der Waals surface area (Å²) in [7, 11) is 0. The van der Waals surface area contributed by atoms with Gasteiger partial charge in [-0.3, -0.25) is 4.79 Å². The molecule has 0 saturated heterocycles. The molecule has 0 unspecified atom stereocenters. The molecule has 0 bridgehead atoms. The fraction of sp³-hybridized carbons (Fsp3) is 0.615. The van der Waals surface area contributed by atoms with Gasteiger partial charge in [0.25, 0.3) is 0 Å². The second-order valence-electron chi connectivity index (χ2n) is 4.88. The summed E-state index contributed by atoms with van der Waals surface area (Å²) < 4.78 is 5.45. The van der Waals surface area contributed by atoms with E-state index in [0.717, 1.165) is 43.7 Å². The predicted molar refractivity (Wildman–Crippen MR) is 63.9 cm³/mol. The Balaban J connectivity index is 1.71. The standard InChI is InChI=1S/C13H19NO3/c1-10-3-4-11(17-10)5-8-14-9-13(12(15)16)6-2-7-13/h3-4,14H,2,5-9H2,1H3,(H,15,16). The van der Waals surface area contributed by atoms with Crippen LogP contribution in [0.2, 0.25) is 0 Å². The quantitative estimate of drug-likeness (QED) is 0.743. The lowest BCUT2D eigenvalue weighted by Crippen LogP contribution is -2.46. The lowest BCUT2D eigenvalue weighted by Gasteiger charge is -2.37. The second-order valence-corrected chi connectivity index (χ2v) is 4.88. The van der Waals surface area contributed by atoms with Gasteiger partial charge in [0.1, 0.15) is 11.5 Å². The number of aryl methyl sites for hydroxylation is 1. The summed E-state index contributed by atoms with van der Waals surface area (Å²) in [4.78, 5) is 11.1. The summed E-state index contributed by atoms with van der Waals surface area (Å²) in [6, 6.07) is 3.91. The van der Waals surface area contributed by atoms with Crippen molar-refractivity contribution < 1.29 is 14.3 Å². The average molecular weight is 237 g/mol. The number of rotatable bonds is 6. The van der Waals surface area contributed by atoms with E-state index in [2.05, 4.69) is 5.32 Å². The average Bonchev–Trinajstić information content (AvgIpc) is 2.61. The first-order chi connectivity index (χ1) is 8.12. The van der Waals surface area contributed by atoms with Crippen molar-refractivity contribution in [2.45, 2.75) is 32.6 Å². The lowest BCUT2D eigenvalue weighted by molar-refractivity contribution is -0.154. The molecular formula is C13H19NO3. The lowest BCUT2D eigenvalue weighted by atomic mass is 9.69. The van der Waals surface area contributed by atoms with Crippen LogP contribution in [-0.4, -0.2) is 24.2 Å². The molecule has 1 aliphatic rings. The fourth-order valence-electron chi connectivity index (χ4n) is 2.23. The van der Waals surface area contributed by atoms with Crippen molar-refractivity contribution >= 4 is 5.97 Å². The number of carbonyl (C=O) groups is 1. The van der Waals surface area contributed by atoms with Crippen LogP contribution < -0.4 is 5.32 Å². The molecular weight excluding hydrogens is 218 g/mol. The van der Waals surface area contributed by atoms with Crippen LogP contribution in [0.15, 0.2) is 16.5 Å². The highest BCUT2D eigenvalue weighted by atomic mass is 16.4. The van der Waals surface area contributed by atoms with E-state index < -0.39 is 11.4 Å². The molecule has 2 rings (SSSR count). The highest BCUT2D eigenvalue weighted by Gasteiger charge is 2.43. The van der Waals surface area contributed by atoms with Crippen LogP contribution in [0.5, 0.6) is 0 Å². The van der Waals surface area contributed by atoms with Crippen molar-refractivity contribution in [3.63, 3.8) is 0 Å². The van der Waals surface area contributed by atoms with Crippen molar-refractivity contribution in [3.8, 4) is 0 Å². The number of aliphatic carboxylic acids is 1. The number of carboxylic acid groups (broad SMARTS) is 1. The van der Waals surface area contributed by atoms with Gasteiger partial charge in [0.05, 0.1) is 5.41 Å². The summed E-state index contributed by atoms with van der Waals surface area (Å²) in [5.41, 5.74) is -0.501. The van der Waals surface area contributed by atoms with E-state index in [1.165, 1.54) is 0 Å². The highest BCUT2D eigenvalue weighted by Crippen LogP contribution is 2.40. The van der Waals surface area contributed by atoms with Crippen LogP contribution in [0.25, 0.3) is 0 Å². The van der Waals surface area contributed by atoms with E-state index in [9.17, 15) is 4.79 Å². The highest BCUT2D eigenvalue weighted by molar-refractivity contribution is 5.76. The Morgan fingerprint density at radius 3 is 2.76 bits per heavy atom. The van der Waals surface area contributed by atoms with Gasteiger partial charge in [-0.2, -0.15) is 0 Å². The van der Waals surface area contributed by atoms with Crippen LogP contribution in [0, 0.1) is 12.3 Å². The van der Waals surface area contributed by atoms with Crippen LogP contribution in [0.4, 0.5) is 0 Å². The summed E-state index contributed by atoms with van der Waals surface area (Å²) in [5.74, 6) is 1.21. The summed E-state index contributed by atoms with van der Waals surface area (Å²) in [6.45, 7) is 3.26. The largest absolute Gasteiger partial charge is 0.481 e. The van der Waals surface area contributed by atoms with Crippen molar-refractivity contribution in [2.75, 3.05) is 13.1 Å². The minimum Gasteiger partial charge on any atom is -0.481 e. The van der Waals surface area contributed by atoms with Crippen LogP contribution >= 0.6 is 0 Å². The number of hydrogen-bond donors (Lipinski definition) is 2. The maximum Gasteiger partial charge on any atom is 0.310 e. The molecule has 1 heterocycles. The molecule has 0 amide bonds. The molecule has 0 aromatic carbocycles. The smallest absolute Gasteiger partial charge is 0.310 e. The molecule has 4 heteroatoms. The maximum atomic E-state index is 11.1. The van der Waals surface area contributed by atoms with Crippen LogP contribution in [0.1, 0.15) is 30.8 Å². The van der Waals surface area contributed by atoms with Crippen molar-refractivity contribution in [3.05, 3.63) is 23.7 Å². The number of hydrogen-bond acceptors (Lipinski definition) is 3. The van der Waals surface area contributed by atoms with Gasteiger partial charge in [0.15, 0.2) is 0 Å². The van der Waals surface area contributed by atoms with E-state index in [4.69, 9.17) is 9.52 Å². The Labute approximate surface area is 101 Å². The molecule has 1 aromatic heterocycles. The van der Waals surface area contributed by atoms with E-state index in [0.29, 0.717) is 6.54 Å². The van der Waals surface area contributed by atoms with Gasteiger partial charge in [0, 0.05) is 19.5 Å². The molecule has 4 nitrogen and oxygen atoms in total. The van der Waals surface area contributed by atoms with Crippen molar-refractivity contribution in [1.82, 2.24) is 5.32 Å². The van der Waals surface area contributed by atoms with Crippen molar-refractivity contribution in [2.24, 2.45) is 5.41 Å². The molecule has 0 atom stereocenters. The van der Waals surface area contributed by atoms with Gasteiger partial charge in [-0.25, -0.2) is 0 Å². The van der Waals surface area contributed by atoms with Crippen LogP contribution in [0.3, 0.4) is 0 Å². The van der Waals surface area contributed by atoms with E-state index >= 15 is 0 Å². The van der Waals surface area contributed by atoms with Gasteiger partial charge in [-0.05, 0) is 31.9 Å². The Bertz CT molecular complexity index is 393. The number of furan rings is 1. The molecule has 0 aliphatic heterocycles. The first-order valence-corrected chi connectivity index (χ1v) is 6.12. The molecule has 1 saturated carbocycles. The third-order valence-corrected chi connectivity index (χ3v) is 3.57. The van der Waals surface area contributed by atoms with Gasteiger partial charge >= 0.3 is 5.97 Å². The monoisotopic (exact) mass is 237 g/mol. The molecule has 2 N–H and O–H groups in total. The molecule has 0 radical (unpaired) electrons. The minimum absolute atomic E-state index is 0.501. The summed E-state index contributed by atoms with van der Waals surface area (Å²) >= 11 is 0. The molecule has 17 heavy (non-hydrogen) atoms. The number of carboxylic acids is 1. The Morgan fingerprint density at radius 2 is 2.29 bits per heavy atom. The SMILES string of the molecule is Cc1ccc(CCNCC2(C(=O)O)CCC2)o1. The fourth-order valence-corrected chi connectivity index (χ4v) is 2.23. The first-order valence-electron chi connectivity index (χ1n) is 6.12. The molecule has 94 valence electrons. The van der Waals surface area contributed by atoms with Gasteiger partial charge < -0.3 is 14.8 Å². The topological polar surface area (TPSA) is 62.5 Å². The normalized spacial score (nSPS) is 17.7. The van der Waals surface area contributed by atoms with E-state index in [1.54, 1.807) is 0 Å². The van der Waals surface area contributed by atoms with Crippen LogP contribution in [-0.2, 0) is 11.2 Å². The van der Waals surface area contributed by atoms with Gasteiger partial charge in [-0.1, -0.05) is 6.42 Å². The molecule has 1 aromatic rings. The zero-order valence-electron chi connectivity index (χ0n) is 10.2. The Morgan fingerprint density at radius 1 is 1.53 bits per heavy atom. The number of nitrogens with one attached hydrogen (secondary N) is 1. The zero-order chi connectivity index (χ0) is 12.3. The molecule has 1 fully saturated rings. The van der Waals surface area contributed by atoms with Gasteiger partial charge in [-0.15, -0.1) is 0 Å². The summed E-state index contributed by atoms with van der Waals surface area (Å²) in [5, 5.41) is 12.4. The first kappa shape index (κ1) is 12.2. The Hall–Kier alpha value is -1.29. The minimum atomic E-state index is -0.662.